The van der Waals surface area contributed by atoms with Gasteiger partial charge in [-0.15, -0.1) is 0 Å². The second-order valence-corrected chi connectivity index (χ2v) is 7.16. The minimum Gasteiger partial charge on any atom is -0.327 e. The summed E-state index contributed by atoms with van der Waals surface area (Å²) in [7, 11) is 0. The fraction of sp³-hybridized carbons (Fsp3) is 0.556. The number of aryl methyl sites for hydroxylation is 1. The molecule has 0 heterocycles. The monoisotopic (exact) mass is 257 g/mol. The number of nitrogens with two attached hydrogens (primary N) is 1. The van der Waals surface area contributed by atoms with Gasteiger partial charge in [-0.3, -0.25) is 0 Å². The van der Waals surface area contributed by atoms with Crippen LogP contribution in [0.15, 0.2) is 18.2 Å². The molecule has 1 aliphatic rings. The zero-order chi connectivity index (χ0) is 14.3. The van der Waals surface area contributed by atoms with Crippen molar-refractivity contribution < 1.29 is 0 Å². The molecule has 2 rings (SSSR count). The van der Waals surface area contributed by atoms with Crippen LogP contribution in [0.3, 0.4) is 0 Å². The van der Waals surface area contributed by atoms with E-state index < -0.39 is 0 Å². The molecule has 1 aromatic rings. The lowest BCUT2D eigenvalue weighted by atomic mass is 9.62. The molecule has 1 nitrogen and oxygen atoms in total. The molecule has 0 aliphatic heterocycles. The van der Waals surface area contributed by atoms with Gasteiger partial charge in [0.05, 0.1) is 0 Å². The van der Waals surface area contributed by atoms with Gasteiger partial charge in [0, 0.05) is 6.54 Å². The van der Waals surface area contributed by atoms with Gasteiger partial charge in [0.2, 0.25) is 0 Å². The van der Waals surface area contributed by atoms with E-state index in [1.807, 2.05) is 6.08 Å². The number of hydrogen-bond acceptors (Lipinski definition) is 1. The van der Waals surface area contributed by atoms with Crippen molar-refractivity contribution in [3.63, 3.8) is 0 Å². The van der Waals surface area contributed by atoms with Gasteiger partial charge in [-0.05, 0) is 52.8 Å². The third kappa shape index (κ3) is 2.62. The van der Waals surface area contributed by atoms with E-state index in [2.05, 4.69) is 52.8 Å². The molecule has 0 saturated carbocycles. The van der Waals surface area contributed by atoms with Crippen molar-refractivity contribution in [3.05, 3.63) is 40.5 Å². The minimum atomic E-state index is 0.282. The second kappa shape index (κ2) is 4.79. The zero-order valence-corrected chi connectivity index (χ0v) is 13.0. The fourth-order valence-electron chi connectivity index (χ4n) is 3.11. The predicted octanol–water partition coefficient (Wildman–Crippen LogP) is 4.32. The standard InChI is InChI=1S/C18H27N/c1-13-11-15-16(12-14(13)7-6-10-19)18(4,5)9-8-17(15,2)3/h6-7,11-12H,8-10,19H2,1-5H3. The lowest BCUT2D eigenvalue weighted by molar-refractivity contribution is 0.331. The first-order chi connectivity index (χ1) is 8.78. The molecular weight excluding hydrogens is 230 g/mol. The minimum absolute atomic E-state index is 0.282. The molecule has 1 aliphatic carbocycles. The van der Waals surface area contributed by atoms with E-state index in [9.17, 15) is 0 Å². The van der Waals surface area contributed by atoms with Crippen LogP contribution >= 0.6 is 0 Å². The summed E-state index contributed by atoms with van der Waals surface area (Å²) >= 11 is 0. The summed E-state index contributed by atoms with van der Waals surface area (Å²) in [4.78, 5) is 0. The van der Waals surface area contributed by atoms with Crippen LogP contribution in [0.2, 0.25) is 0 Å². The summed E-state index contributed by atoms with van der Waals surface area (Å²) in [5.41, 5.74) is 11.9. The molecule has 0 bridgehead atoms. The van der Waals surface area contributed by atoms with Crippen molar-refractivity contribution in [1.29, 1.82) is 0 Å². The van der Waals surface area contributed by atoms with E-state index in [4.69, 9.17) is 5.73 Å². The molecule has 0 radical (unpaired) electrons. The SMILES string of the molecule is Cc1cc2c(cc1C=CCN)C(C)(C)CCC2(C)C. The highest BCUT2D eigenvalue weighted by Crippen LogP contribution is 2.46. The average Bonchev–Trinajstić information content (AvgIpc) is 2.33. The first-order valence-corrected chi connectivity index (χ1v) is 7.30. The normalized spacial score (nSPS) is 20.5. The number of rotatable bonds is 2. The molecule has 0 fully saturated rings. The topological polar surface area (TPSA) is 26.0 Å². The van der Waals surface area contributed by atoms with Crippen LogP contribution in [-0.4, -0.2) is 6.54 Å². The predicted molar refractivity (Wildman–Crippen MR) is 84.6 cm³/mol. The molecule has 0 amide bonds. The lowest BCUT2D eigenvalue weighted by Crippen LogP contribution is -2.34. The molecule has 0 atom stereocenters. The quantitative estimate of drug-likeness (QED) is 0.839. The number of hydrogen-bond donors (Lipinski definition) is 1. The molecule has 0 saturated heterocycles. The molecule has 1 heteroatoms. The zero-order valence-electron chi connectivity index (χ0n) is 13.0. The van der Waals surface area contributed by atoms with Crippen LogP contribution < -0.4 is 5.73 Å². The van der Waals surface area contributed by atoms with Gasteiger partial charge in [-0.25, -0.2) is 0 Å². The lowest BCUT2D eigenvalue weighted by Gasteiger charge is -2.42. The molecule has 2 N–H and O–H groups in total. The summed E-state index contributed by atoms with van der Waals surface area (Å²) in [6, 6.07) is 4.78. The maximum atomic E-state index is 5.57. The second-order valence-electron chi connectivity index (χ2n) is 7.16. The highest BCUT2D eigenvalue weighted by atomic mass is 14.5. The highest BCUT2D eigenvalue weighted by molar-refractivity contribution is 5.59. The molecule has 0 unspecified atom stereocenters. The maximum Gasteiger partial charge on any atom is 0.0110 e. The Morgan fingerprint density at radius 2 is 1.58 bits per heavy atom. The van der Waals surface area contributed by atoms with Gasteiger partial charge in [0.1, 0.15) is 0 Å². The van der Waals surface area contributed by atoms with E-state index in [1.54, 1.807) is 0 Å². The van der Waals surface area contributed by atoms with Crippen molar-refractivity contribution in [2.75, 3.05) is 6.54 Å². The first-order valence-electron chi connectivity index (χ1n) is 7.30. The third-order valence-corrected chi connectivity index (χ3v) is 4.67. The summed E-state index contributed by atoms with van der Waals surface area (Å²) < 4.78 is 0. The summed E-state index contributed by atoms with van der Waals surface area (Å²) in [6.45, 7) is 12.3. The van der Waals surface area contributed by atoms with Crippen molar-refractivity contribution >= 4 is 6.08 Å². The molecule has 104 valence electrons. The number of fused-ring (bicyclic) bond motifs is 1. The smallest absolute Gasteiger partial charge is 0.0110 e. The van der Waals surface area contributed by atoms with E-state index in [1.165, 1.54) is 35.1 Å². The van der Waals surface area contributed by atoms with Crippen molar-refractivity contribution in [1.82, 2.24) is 0 Å². The van der Waals surface area contributed by atoms with Gasteiger partial charge in [0.15, 0.2) is 0 Å². The number of benzene rings is 1. The van der Waals surface area contributed by atoms with Crippen LogP contribution in [-0.2, 0) is 10.8 Å². The highest BCUT2D eigenvalue weighted by Gasteiger charge is 2.37. The van der Waals surface area contributed by atoms with Gasteiger partial charge < -0.3 is 5.73 Å². The third-order valence-electron chi connectivity index (χ3n) is 4.67. The van der Waals surface area contributed by atoms with Crippen molar-refractivity contribution in [2.45, 2.75) is 58.3 Å². The molecule has 19 heavy (non-hydrogen) atoms. The maximum absolute atomic E-state index is 5.57. The Bertz CT molecular complexity index is 507. The molecule has 1 aromatic carbocycles. The molecule has 0 aromatic heterocycles. The largest absolute Gasteiger partial charge is 0.327 e. The molecular formula is C18H27N. The van der Waals surface area contributed by atoms with Crippen molar-refractivity contribution in [3.8, 4) is 0 Å². The average molecular weight is 257 g/mol. The van der Waals surface area contributed by atoms with Gasteiger partial charge in [-0.1, -0.05) is 52.0 Å². The Morgan fingerprint density at radius 3 is 2.11 bits per heavy atom. The Kier molecular flexibility index (Phi) is 3.61. The van der Waals surface area contributed by atoms with Crippen LogP contribution in [0.25, 0.3) is 6.08 Å². The van der Waals surface area contributed by atoms with Crippen LogP contribution in [0, 0.1) is 6.92 Å². The van der Waals surface area contributed by atoms with Crippen molar-refractivity contribution in [2.24, 2.45) is 5.73 Å². The van der Waals surface area contributed by atoms with E-state index in [0.717, 1.165) is 0 Å². The van der Waals surface area contributed by atoms with Crippen LogP contribution in [0.5, 0.6) is 0 Å². The Morgan fingerprint density at radius 1 is 1.05 bits per heavy atom. The van der Waals surface area contributed by atoms with E-state index in [0.29, 0.717) is 12.0 Å². The fourth-order valence-corrected chi connectivity index (χ4v) is 3.11. The van der Waals surface area contributed by atoms with E-state index in [-0.39, 0.29) is 5.41 Å². The summed E-state index contributed by atoms with van der Waals surface area (Å²) in [5.74, 6) is 0. The van der Waals surface area contributed by atoms with Gasteiger partial charge in [-0.2, -0.15) is 0 Å². The van der Waals surface area contributed by atoms with Crippen LogP contribution in [0.4, 0.5) is 0 Å². The van der Waals surface area contributed by atoms with Crippen LogP contribution in [0.1, 0.15) is 62.8 Å². The summed E-state index contributed by atoms with van der Waals surface area (Å²) in [5, 5.41) is 0. The Balaban J connectivity index is 2.61. The molecule has 0 spiro atoms. The van der Waals surface area contributed by atoms with Gasteiger partial charge in [0.25, 0.3) is 0 Å². The Labute approximate surface area is 117 Å². The van der Waals surface area contributed by atoms with Gasteiger partial charge >= 0.3 is 0 Å². The first kappa shape index (κ1) is 14.3. The summed E-state index contributed by atoms with van der Waals surface area (Å²) in [6.07, 6.45) is 6.73. The Hall–Kier alpha value is -1.08. The van der Waals surface area contributed by atoms with E-state index >= 15 is 0 Å².